The maximum Gasteiger partial charge on any atom is 0.243 e. The lowest BCUT2D eigenvalue weighted by Crippen LogP contribution is -2.22. The van der Waals surface area contributed by atoms with Gasteiger partial charge in [-0.3, -0.25) is 9.69 Å². The molecule has 0 unspecified atom stereocenters. The minimum atomic E-state index is -0.187. The van der Waals surface area contributed by atoms with Gasteiger partial charge in [0, 0.05) is 32.8 Å². The van der Waals surface area contributed by atoms with Crippen LogP contribution in [0.15, 0.2) is 12.2 Å². The Hall–Kier alpha value is -0.870. The molecule has 0 saturated carbocycles. The number of amides is 1. The standard InChI is InChI=1S/C9H16N2O2/c1-10-9(13)3-2-5-11-6-4-8(12)7-11/h2-3,8,12H,4-7H2,1H3,(H,10,13)/b3-2+/t8-/m1/s1. The van der Waals surface area contributed by atoms with Crippen LogP contribution in [-0.2, 0) is 4.79 Å². The third kappa shape index (κ3) is 3.57. The molecule has 0 radical (unpaired) electrons. The quantitative estimate of drug-likeness (QED) is 0.573. The van der Waals surface area contributed by atoms with E-state index in [-0.39, 0.29) is 12.0 Å². The third-order valence-electron chi connectivity index (χ3n) is 2.13. The monoisotopic (exact) mass is 184 g/mol. The number of aliphatic hydroxyl groups excluding tert-OH is 1. The number of rotatable bonds is 3. The van der Waals surface area contributed by atoms with Crippen molar-refractivity contribution in [3.63, 3.8) is 0 Å². The second kappa shape index (κ2) is 4.99. The maximum absolute atomic E-state index is 10.8. The molecule has 1 heterocycles. The van der Waals surface area contributed by atoms with Crippen molar-refractivity contribution in [3.8, 4) is 0 Å². The van der Waals surface area contributed by atoms with Gasteiger partial charge in [-0.25, -0.2) is 0 Å². The zero-order valence-corrected chi connectivity index (χ0v) is 7.86. The van der Waals surface area contributed by atoms with Gasteiger partial charge in [0.05, 0.1) is 6.10 Å². The maximum atomic E-state index is 10.8. The first-order valence-corrected chi connectivity index (χ1v) is 4.51. The number of carbonyl (C=O) groups excluding carboxylic acids is 1. The van der Waals surface area contributed by atoms with Crippen LogP contribution in [0.2, 0.25) is 0 Å². The molecule has 1 fully saturated rings. The van der Waals surface area contributed by atoms with Crippen molar-refractivity contribution >= 4 is 5.91 Å². The smallest absolute Gasteiger partial charge is 0.243 e. The number of aliphatic hydroxyl groups is 1. The van der Waals surface area contributed by atoms with Crippen molar-refractivity contribution in [1.82, 2.24) is 10.2 Å². The summed E-state index contributed by atoms with van der Waals surface area (Å²) in [5.41, 5.74) is 0. The number of nitrogens with one attached hydrogen (secondary N) is 1. The van der Waals surface area contributed by atoms with Gasteiger partial charge < -0.3 is 10.4 Å². The molecule has 4 nitrogen and oxygen atoms in total. The Kier molecular flexibility index (Phi) is 3.92. The second-order valence-electron chi connectivity index (χ2n) is 3.22. The van der Waals surface area contributed by atoms with Crippen LogP contribution in [0.1, 0.15) is 6.42 Å². The van der Waals surface area contributed by atoms with E-state index in [9.17, 15) is 9.90 Å². The van der Waals surface area contributed by atoms with Crippen molar-refractivity contribution in [2.75, 3.05) is 26.7 Å². The number of likely N-dealkylation sites (N-methyl/N-ethyl adjacent to an activating group) is 1. The van der Waals surface area contributed by atoms with E-state index in [1.165, 1.54) is 6.08 Å². The molecule has 1 atom stereocenters. The second-order valence-corrected chi connectivity index (χ2v) is 3.22. The first kappa shape index (κ1) is 10.2. The lowest BCUT2D eigenvalue weighted by Gasteiger charge is -2.10. The van der Waals surface area contributed by atoms with Gasteiger partial charge in [0.25, 0.3) is 0 Å². The van der Waals surface area contributed by atoms with Gasteiger partial charge in [-0.1, -0.05) is 6.08 Å². The molecule has 0 aromatic carbocycles. The van der Waals surface area contributed by atoms with Gasteiger partial charge in [-0.05, 0) is 6.42 Å². The van der Waals surface area contributed by atoms with E-state index in [2.05, 4.69) is 10.2 Å². The lowest BCUT2D eigenvalue weighted by atomic mass is 10.3. The molecule has 1 rings (SSSR count). The average Bonchev–Trinajstić information content (AvgIpc) is 2.51. The van der Waals surface area contributed by atoms with E-state index in [0.717, 1.165) is 26.1 Å². The molecule has 0 aromatic heterocycles. The fourth-order valence-electron chi connectivity index (χ4n) is 1.37. The summed E-state index contributed by atoms with van der Waals surface area (Å²) in [5, 5.41) is 11.7. The lowest BCUT2D eigenvalue weighted by molar-refractivity contribution is -0.116. The van der Waals surface area contributed by atoms with Gasteiger partial charge in [-0.15, -0.1) is 0 Å². The van der Waals surface area contributed by atoms with Crippen LogP contribution in [0.25, 0.3) is 0 Å². The molecule has 0 aromatic rings. The fraction of sp³-hybridized carbons (Fsp3) is 0.667. The number of likely N-dealkylation sites (tertiary alicyclic amines) is 1. The molecular formula is C9H16N2O2. The summed E-state index contributed by atoms with van der Waals surface area (Å²) < 4.78 is 0. The van der Waals surface area contributed by atoms with E-state index >= 15 is 0 Å². The molecule has 2 N–H and O–H groups in total. The van der Waals surface area contributed by atoms with Gasteiger partial charge in [0.1, 0.15) is 0 Å². The van der Waals surface area contributed by atoms with E-state index in [1.807, 2.05) is 6.08 Å². The number of nitrogens with zero attached hydrogens (tertiary/aromatic N) is 1. The number of carbonyl (C=O) groups is 1. The SMILES string of the molecule is CNC(=O)/C=C/CN1CC[C@@H](O)C1. The van der Waals surface area contributed by atoms with E-state index in [0.29, 0.717) is 0 Å². The number of hydrogen-bond donors (Lipinski definition) is 2. The molecule has 1 amide bonds. The summed E-state index contributed by atoms with van der Waals surface area (Å²) in [5.74, 6) is -0.0836. The topological polar surface area (TPSA) is 52.6 Å². The van der Waals surface area contributed by atoms with Crippen molar-refractivity contribution in [1.29, 1.82) is 0 Å². The normalized spacial score (nSPS) is 24.0. The highest BCUT2D eigenvalue weighted by Gasteiger charge is 2.18. The van der Waals surface area contributed by atoms with E-state index in [1.54, 1.807) is 7.05 Å². The number of β-amino-alcohol motifs (C(OH)–C–C–N with tert-alkyl or cyclic N) is 1. The van der Waals surface area contributed by atoms with Crippen molar-refractivity contribution in [2.45, 2.75) is 12.5 Å². The third-order valence-corrected chi connectivity index (χ3v) is 2.13. The van der Waals surface area contributed by atoms with Gasteiger partial charge in [-0.2, -0.15) is 0 Å². The summed E-state index contributed by atoms with van der Waals surface area (Å²) in [6.45, 7) is 2.38. The number of hydrogen-bond acceptors (Lipinski definition) is 3. The van der Waals surface area contributed by atoms with Gasteiger partial charge in [0.2, 0.25) is 5.91 Å². The van der Waals surface area contributed by atoms with Crippen molar-refractivity contribution < 1.29 is 9.90 Å². The largest absolute Gasteiger partial charge is 0.392 e. The Morgan fingerprint density at radius 1 is 1.77 bits per heavy atom. The highest BCUT2D eigenvalue weighted by atomic mass is 16.3. The Morgan fingerprint density at radius 2 is 2.54 bits per heavy atom. The van der Waals surface area contributed by atoms with Gasteiger partial charge in [0.15, 0.2) is 0 Å². The Labute approximate surface area is 78.2 Å². The van der Waals surface area contributed by atoms with E-state index < -0.39 is 0 Å². The first-order valence-electron chi connectivity index (χ1n) is 4.51. The molecule has 0 bridgehead atoms. The van der Waals surface area contributed by atoms with Crippen LogP contribution in [0.4, 0.5) is 0 Å². The Bertz CT molecular complexity index is 204. The van der Waals surface area contributed by atoms with Crippen molar-refractivity contribution in [2.24, 2.45) is 0 Å². The minimum Gasteiger partial charge on any atom is -0.392 e. The van der Waals surface area contributed by atoms with E-state index in [4.69, 9.17) is 0 Å². The summed E-state index contributed by atoms with van der Waals surface area (Å²) in [7, 11) is 1.60. The van der Waals surface area contributed by atoms with Crippen LogP contribution >= 0.6 is 0 Å². The highest BCUT2D eigenvalue weighted by Crippen LogP contribution is 2.07. The molecule has 1 aliphatic rings. The molecule has 1 saturated heterocycles. The Morgan fingerprint density at radius 3 is 3.08 bits per heavy atom. The predicted molar refractivity (Wildman–Crippen MR) is 50.3 cm³/mol. The van der Waals surface area contributed by atoms with Crippen LogP contribution in [0.5, 0.6) is 0 Å². The summed E-state index contributed by atoms with van der Waals surface area (Å²) in [6.07, 6.45) is 3.99. The molecular weight excluding hydrogens is 168 g/mol. The first-order chi connectivity index (χ1) is 6.22. The zero-order valence-electron chi connectivity index (χ0n) is 7.86. The molecule has 74 valence electrons. The summed E-state index contributed by atoms with van der Waals surface area (Å²) in [4.78, 5) is 12.9. The fourth-order valence-corrected chi connectivity index (χ4v) is 1.37. The highest BCUT2D eigenvalue weighted by molar-refractivity contribution is 5.87. The summed E-state index contributed by atoms with van der Waals surface area (Å²) in [6, 6.07) is 0. The molecule has 4 heteroatoms. The van der Waals surface area contributed by atoms with Gasteiger partial charge >= 0.3 is 0 Å². The van der Waals surface area contributed by atoms with Crippen molar-refractivity contribution in [3.05, 3.63) is 12.2 Å². The Balaban J connectivity index is 2.19. The average molecular weight is 184 g/mol. The van der Waals surface area contributed by atoms with Crippen LogP contribution in [-0.4, -0.2) is 48.7 Å². The molecule has 0 aliphatic carbocycles. The van der Waals surface area contributed by atoms with Crippen LogP contribution < -0.4 is 5.32 Å². The minimum absolute atomic E-state index is 0.0836. The molecule has 0 spiro atoms. The van der Waals surface area contributed by atoms with Crippen LogP contribution in [0.3, 0.4) is 0 Å². The zero-order chi connectivity index (χ0) is 9.68. The molecule has 1 aliphatic heterocycles. The predicted octanol–water partition coefficient (Wildman–Crippen LogP) is -0.645. The van der Waals surface area contributed by atoms with Crippen LogP contribution in [0, 0.1) is 0 Å². The molecule has 13 heavy (non-hydrogen) atoms. The summed E-state index contributed by atoms with van der Waals surface area (Å²) >= 11 is 0.